The Balaban J connectivity index is 2.09. The van der Waals surface area contributed by atoms with E-state index >= 15 is 0 Å². The van der Waals surface area contributed by atoms with Gasteiger partial charge >= 0.3 is 0 Å². The molecule has 0 aliphatic heterocycles. The zero-order valence-electron chi connectivity index (χ0n) is 12.6. The van der Waals surface area contributed by atoms with Gasteiger partial charge in [-0.25, -0.2) is 0 Å². The molecule has 0 fully saturated rings. The highest BCUT2D eigenvalue weighted by atomic mass is 16.5. The van der Waals surface area contributed by atoms with E-state index < -0.39 is 0 Å². The lowest BCUT2D eigenvalue weighted by Gasteiger charge is -2.11. The van der Waals surface area contributed by atoms with Crippen LogP contribution in [0.4, 0.5) is 0 Å². The second-order valence-electron chi connectivity index (χ2n) is 5.00. The van der Waals surface area contributed by atoms with Crippen LogP contribution in [-0.4, -0.2) is 23.8 Å². The fourth-order valence-electron chi connectivity index (χ4n) is 1.86. The van der Waals surface area contributed by atoms with Crippen molar-refractivity contribution >= 4 is 0 Å². The van der Waals surface area contributed by atoms with Crippen LogP contribution < -0.4 is 15.2 Å². The molecular weight excluding hydrogens is 270 g/mol. The molecule has 0 saturated heterocycles. The molecule has 1 aromatic heterocycles. The van der Waals surface area contributed by atoms with Crippen molar-refractivity contribution in [3.8, 4) is 11.5 Å². The zero-order chi connectivity index (χ0) is 15.2. The minimum absolute atomic E-state index is 0.227. The Morgan fingerprint density at radius 2 is 2.14 bits per heavy atom. The molecule has 2 aromatic rings. The summed E-state index contributed by atoms with van der Waals surface area (Å²) < 4.78 is 16.2. The average molecular weight is 291 g/mol. The molecule has 2 N–H and O–H groups in total. The molecule has 0 unspecified atom stereocenters. The van der Waals surface area contributed by atoms with Crippen LogP contribution in [0.1, 0.15) is 37.0 Å². The maximum Gasteiger partial charge on any atom is 0.264 e. The van der Waals surface area contributed by atoms with Gasteiger partial charge in [0.2, 0.25) is 0 Å². The largest absolute Gasteiger partial charge is 0.497 e. The maximum absolute atomic E-state index is 5.78. The predicted molar refractivity (Wildman–Crippen MR) is 78.5 cm³/mol. The third-order valence-corrected chi connectivity index (χ3v) is 3.04. The van der Waals surface area contributed by atoms with Crippen molar-refractivity contribution in [1.82, 2.24) is 10.1 Å². The molecule has 0 amide bonds. The summed E-state index contributed by atoms with van der Waals surface area (Å²) in [5, 5.41) is 3.91. The van der Waals surface area contributed by atoms with Gasteiger partial charge in [-0.05, 0) is 24.6 Å². The summed E-state index contributed by atoms with van der Waals surface area (Å²) in [6, 6.07) is 5.68. The topological polar surface area (TPSA) is 83.4 Å². The summed E-state index contributed by atoms with van der Waals surface area (Å²) in [4.78, 5) is 4.28. The summed E-state index contributed by atoms with van der Waals surface area (Å²) in [5.74, 6) is 2.83. The SMILES string of the molecule is COc1ccc(CCN)c(OCc2nc(C(C)C)no2)c1. The van der Waals surface area contributed by atoms with Crippen LogP contribution in [0.2, 0.25) is 0 Å². The predicted octanol–water partition coefficient (Wildman–Crippen LogP) is 2.28. The van der Waals surface area contributed by atoms with Crippen molar-refractivity contribution in [1.29, 1.82) is 0 Å². The number of benzene rings is 1. The summed E-state index contributed by atoms with van der Waals surface area (Å²) in [7, 11) is 1.62. The van der Waals surface area contributed by atoms with Crippen LogP contribution in [0.3, 0.4) is 0 Å². The lowest BCUT2D eigenvalue weighted by atomic mass is 10.1. The van der Waals surface area contributed by atoms with Gasteiger partial charge in [0.25, 0.3) is 5.89 Å². The average Bonchev–Trinajstić information content (AvgIpc) is 2.95. The fourth-order valence-corrected chi connectivity index (χ4v) is 1.86. The molecule has 0 bridgehead atoms. The summed E-state index contributed by atoms with van der Waals surface area (Å²) in [6.07, 6.45) is 0.737. The highest BCUT2D eigenvalue weighted by molar-refractivity contribution is 5.41. The van der Waals surface area contributed by atoms with Crippen molar-refractivity contribution in [2.75, 3.05) is 13.7 Å². The van der Waals surface area contributed by atoms with Crippen molar-refractivity contribution < 1.29 is 14.0 Å². The Kier molecular flexibility index (Phi) is 5.16. The van der Waals surface area contributed by atoms with Gasteiger partial charge in [0.05, 0.1) is 7.11 Å². The minimum atomic E-state index is 0.227. The van der Waals surface area contributed by atoms with Crippen LogP contribution in [0.15, 0.2) is 22.7 Å². The van der Waals surface area contributed by atoms with Gasteiger partial charge in [0.15, 0.2) is 12.4 Å². The van der Waals surface area contributed by atoms with Crippen LogP contribution in [-0.2, 0) is 13.0 Å². The second kappa shape index (κ2) is 7.08. The van der Waals surface area contributed by atoms with E-state index in [4.69, 9.17) is 19.7 Å². The van der Waals surface area contributed by atoms with E-state index in [0.29, 0.717) is 18.3 Å². The smallest absolute Gasteiger partial charge is 0.264 e. The van der Waals surface area contributed by atoms with Crippen molar-refractivity contribution in [2.45, 2.75) is 32.8 Å². The summed E-state index contributed by atoms with van der Waals surface area (Å²) in [5.41, 5.74) is 6.65. The van der Waals surface area contributed by atoms with E-state index in [1.807, 2.05) is 32.0 Å². The lowest BCUT2D eigenvalue weighted by molar-refractivity contribution is 0.239. The summed E-state index contributed by atoms with van der Waals surface area (Å²) in [6.45, 7) is 4.80. The Labute approximate surface area is 124 Å². The number of methoxy groups -OCH3 is 1. The van der Waals surface area contributed by atoms with Gasteiger partial charge in [-0.2, -0.15) is 4.98 Å². The lowest BCUT2D eigenvalue weighted by Crippen LogP contribution is -2.06. The Bertz CT molecular complexity index is 581. The maximum atomic E-state index is 5.78. The molecule has 0 atom stereocenters. The monoisotopic (exact) mass is 291 g/mol. The Morgan fingerprint density at radius 3 is 2.76 bits per heavy atom. The number of rotatable bonds is 7. The normalized spacial score (nSPS) is 10.9. The minimum Gasteiger partial charge on any atom is -0.497 e. The first-order valence-corrected chi connectivity index (χ1v) is 6.96. The Hall–Kier alpha value is -2.08. The molecule has 0 saturated carbocycles. The van der Waals surface area contributed by atoms with E-state index in [1.54, 1.807) is 7.11 Å². The molecule has 2 rings (SSSR count). The van der Waals surface area contributed by atoms with Gasteiger partial charge in [0, 0.05) is 12.0 Å². The molecule has 0 spiro atoms. The van der Waals surface area contributed by atoms with Gasteiger partial charge in [-0.3, -0.25) is 0 Å². The third-order valence-electron chi connectivity index (χ3n) is 3.04. The second-order valence-corrected chi connectivity index (χ2v) is 5.00. The number of ether oxygens (including phenoxy) is 2. The standard InChI is InChI=1S/C15H21N3O3/c1-10(2)15-17-14(21-18-15)9-20-13-8-12(19-3)5-4-11(13)6-7-16/h4-5,8,10H,6-7,9,16H2,1-3H3. The molecule has 0 aliphatic rings. The van der Waals surface area contributed by atoms with Gasteiger partial charge in [-0.15, -0.1) is 0 Å². The fraction of sp³-hybridized carbons (Fsp3) is 0.467. The highest BCUT2D eigenvalue weighted by Gasteiger charge is 2.11. The van der Waals surface area contributed by atoms with Gasteiger partial charge < -0.3 is 19.7 Å². The number of nitrogens with zero attached hydrogens (tertiary/aromatic N) is 2. The molecule has 6 nitrogen and oxygen atoms in total. The Morgan fingerprint density at radius 1 is 1.33 bits per heavy atom. The van der Waals surface area contributed by atoms with Crippen LogP contribution in [0.25, 0.3) is 0 Å². The zero-order valence-corrected chi connectivity index (χ0v) is 12.6. The van der Waals surface area contributed by atoms with E-state index in [2.05, 4.69) is 10.1 Å². The van der Waals surface area contributed by atoms with E-state index in [1.165, 1.54) is 0 Å². The molecule has 1 heterocycles. The highest BCUT2D eigenvalue weighted by Crippen LogP contribution is 2.26. The molecule has 0 aliphatic carbocycles. The number of hydrogen-bond donors (Lipinski definition) is 1. The van der Waals surface area contributed by atoms with Gasteiger partial charge in [-0.1, -0.05) is 25.1 Å². The van der Waals surface area contributed by atoms with Gasteiger partial charge in [0.1, 0.15) is 11.5 Å². The van der Waals surface area contributed by atoms with Crippen LogP contribution in [0.5, 0.6) is 11.5 Å². The first kappa shape index (κ1) is 15.3. The molecule has 21 heavy (non-hydrogen) atoms. The molecule has 6 heteroatoms. The van der Waals surface area contributed by atoms with E-state index in [9.17, 15) is 0 Å². The number of nitrogens with two attached hydrogens (primary N) is 1. The number of hydrogen-bond acceptors (Lipinski definition) is 6. The van der Waals surface area contributed by atoms with Crippen LogP contribution in [0, 0.1) is 0 Å². The van der Waals surface area contributed by atoms with Crippen LogP contribution >= 0.6 is 0 Å². The van der Waals surface area contributed by atoms with E-state index in [0.717, 1.165) is 23.5 Å². The molecule has 1 aromatic carbocycles. The van der Waals surface area contributed by atoms with Crippen molar-refractivity contribution in [2.24, 2.45) is 5.73 Å². The molecular formula is C15H21N3O3. The number of aromatic nitrogens is 2. The molecule has 0 radical (unpaired) electrons. The first-order chi connectivity index (χ1) is 10.1. The summed E-state index contributed by atoms with van der Waals surface area (Å²) >= 11 is 0. The third kappa shape index (κ3) is 3.95. The molecule has 114 valence electrons. The first-order valence-electron chi connectivity index (χ1n) is 6.96. The quantitative estimate of drug-likeness (QED) is 0.842. The van der Waals surface area contributed by atoms with Crippen molar-refractivity contribution in [3.05, 3.63) is 35.5 Å². The van der Waals surface area contributed by atoms with E-state index in [-0.39, 0.29) is 12.5 Å². The van der Waals surface area contributed by atoms with Crippen molar-refractivity contribution in [3.63, 3.8) is 0 Å².